The minimum absolute atomic E-state index is 0.165. The standard InChI is InChI=1S/C15H17N5O3/c1-9-17-15(23-20-9)13(10-4-6-22-7-5-10)19-14(21)12-3-2-11(8-16)18-12/h2-3,10,13,18H,4-7H2,1H3,(H,19,21). The Morgan fingerprint density at radius 3 is 2.87 bits per heavy atom. The van der Waals surface area contributed by atoms with Crippen molar-refractivity contribution in [3.8, 4) is 6.07 Å². The fourth-order valence-corrected chi connectivity index (χ4v) is 2.68. The number of carbonyl (C=O) groups excluding carboxylic acids is 1. The first kappa shape index (κ1) is 15.2. The molecule has 0 saturated carbocycles. The molecule has 3 rings (SSSR count). The van der Waals surface area contributed by atoms with Crippen LogP contribution in [-0.2, 0) is 4.74 Å². The average Bonchev–Trinajstić information content (AvgIpc) is 3.22. The number of carbonyl (C=O) groups is 1. The molecular formula is C15H17N5O3. The van der Waals surface area contributed by atoms with Crippen LogP contribution in [0.3, 0.4) is 0 Å². The summed E-state index contributed by atoms with van der Waals surface area (Å²) < 4.78 is 10.6. The minimum Gasteiger partial charge on any atom is -0.381 e. The lowest BCUT2D eigenvalue weighted by Gasteiger charge is -2.28. The highest BCUT2D eigenvalue weighted by molar-refractivity contribution is 5.92. The molecular weight excluding hydrogens is 298 g/mol. The molecule has 1 aliphatic rings. The fourth-order valence-electron chi connectivity index (χ4n) is 2.68. The van der Waals surface area contributed by atoms with E-state index >= 15 is 0 Å². The summed E-state index contributed by atoms with van der Waals surface area (Å²) in [6, 6.07) is 4.73. The molecule has 2 aromatic heterocycles. The third-order valence-electron chi connectivity index (χ3n) is 3.88. The summed E-state index contributed by atoms with van der Waals surface area (Å²) in [4.78, 5) is 19.5. The van der Waals surface area contributed by atoms with Crippen LogP contribution in [0.2, 0.25) is 0 Å². The van der Waals surface area contributed by atoms with Crippen LogP contribution >= 0.6 is 0 Å². The van der Waals surface area contributed by atoms with Crippen LogP contribution in [-0.4, -0.2) is 34.2 Å². The van der Waals surface area contributed by atoms with Crippen molar-refractivity contribution in [3.05, 3.63) is 35.2 Å². The van der Waals surface area contributed by atoms with Crippen molar-refractivity contribution < 1.29 is 14.1 Å². The van der Waals surface area contributed by atoms with Gasteiger partial charge in [-0.3, -0.25) is 4.79 Å². The first-order valence-corrected chi connectivity index (χ1v) is 7.45. The quantitative estimate of drug-likeness (QED) is 0.882. The number of hydrogen-bond acceptors (Lipinski definition) is 6. The van der Waals surface area contributed by atoms with Gasteiger partial charge < -0.3 is 19.6 Å². The van der Waals surface area contributed by atoms with Gasteiger partial charge in [0.1, 0.15) is 23.5 Å². The third kappa shape index (κ3) is 3.40. The molecule has 8 nitrogen and oxygen atoms in total. The number of nitriles is 1. The highest BCUT2D eigenvalue weighted by Gasteiger charge is 2.31. The number of aromatic nitrogens is 3. The van der Waals surface area contributed by atoms with Crippen molar-refractivity contribution in [2.24, 2.45) is 5.92 Å². The van der Waals surface area contributed by atoms with Crippen LogP contribution in [0.4, 0.5) is 0 Å². The molecule has 1 atom stereocenters. The SMILES string of the molecule is Cc1noc(C(NC(=O)c2ccc(C#N)[nH]2)C2CCOCC2)n1. The molecule has 0 radical (unpaired) electrons. The maximum atomic E-state index is 12.4. The summed E-state index contributed by atoms with van der Waals surface area (Å²) in [6.45, 7) is 3.02. The van der Waals surface area contributed by atoms with Gasteiger partial charge in [0.2, 0.25) is 5.89 Å². The summed E-state index contributed by atoms with van der Waals surface area (Å²) in [7, 11) is 0. The predicted octanol–water partition coefficient (Wildman–Crippen LogP) is 1.48. The highest BCUT2D eigenvalue weighted by atomic mass is 16.5. The largest absolute Gasteiger partial charge is 0.381 e. The Kier molecular flexibility index (Phi) is 4.39. The van der Waals surface area contributed by atoms with Crippen LogP contribution in [0.25, 0.3) is 0 Å². The summed E-state index contributed by atoms with van der Waals surface area (Å²) in [6.07, 6.45) is 1.61. The van der Waals surface area contributed by atoms with Crippen LogP contribution in [0.5, 0.6) is 0 Å². The topological polar surface area (TPSA) is 117 Å². The average molecular weight is 315 g/mol. The Morgan fingerprint density at radius 2 is 2.26 bits per heavy atom. The predicted molar refractivity (Wildman–Crippen MR) is 78.3 cm³/mol. The number of aromatic amines is 1. The van der Waals surface area contributed by atoms with Gasteiger partial charge in [0, 0.05) is 13.2 Å². The Morgan fingerprint density at radius 1 is 1.48 bits per heavy atom. The Hall–Kier alpha value is -2.66. The van der Waals surface area contributed by atoms with E-state index in [4.69, 9.17) is 14.5 Å². The van der Waals surface area contributed by atoms with Crippen LogP contribution in [0.15, 0.2) is 16.7 Å². The summed E-state index contributed by atoms with van der Waals surface area (Å²) in [5, 5.41) is 15.6. The first-order chi connectivity index (χ1) is 11.2. The maximum Gasteiger partial charge on any atom is 0.268 e. The zero-order valence-electron chi connectivity index (χ0n) is 12.7. The molecule has 0 spiro atoms. The zero-order chi connectivity index (χ0) is 16.2. The molecule has 2 aromatic rings. The molecule has 1 aliphatic heterocycles. The lowest BCUT2D eigenvalue weighted by molar-refractivity contribution is 0.0467. The second-order valence-electron chi connectivity index (χ2n) is 5.48. The van der Waals surface area contributed by atoms with Crippen molar-refractivity contribution in [1.29, 1.82) is 5.26 Å². The van der Waals surface area contributed by atoms with Gasteiger partial charge in [0.05, 0.1) is 0 Å². The van der Waals surface area contributed by atoms with Crippen molar-refractivity contribution in [2.45, 2.75) is 25.8 Å². The molecule has 1 amide bonds. The molecule has 3 heterocycles. The third-order valence-corrected chi connectivity index (χ3v) is 3.88. The summed E-state index contributed by atoms with van der Waals surface area (Å²) >= 11 is 0. The molecule has 23 heavy (non-hydrogen) atoms. The van der Waals surface area contributed by atoms with Crippen LogP contribution < -0.4 is 5.32 Å². The minimum atomic E-state index is -0.374. The molecule has 0 aromatic carbocycles. The van der Waals surface area contributed by atoms with E-state index < -0.39 is 0 Å². The smallest absolute Gasteiger partial charge is 0.268 e. The van der Waals surface area contributed by atoms with Gasteiger partial charge in [-0.05, 0) is 37.8 Å². The van der Waals surface area contributed by atoms with E-state index in [0.29, 0.717) is 36.3 Å². The van der Waals surface area contributed by atoms with Gasteiger partial charge >= 0.3 is 0 Å². The van der Waals surface area contributed by atoms with E-state index in [0.717, 1.165) is 12.8 Å². The molecule has 8 heteroatoms. The van der Waals surface area contributed by atoms with E-state index in [1.807, 2.05) is 6.07 Å². The lowest BCUT2D eigenvalue weighted by atomic mass is 9.91. The van der Waals surface area contributed by atoms with E-state index in [1.54, 1.807) is 19.1 Å². The van der Waals surface area contributed by atoms with E-state index in [1.165, 1.54) is 0 Å². The summed E-state index contributed by atoms with van der Waals surface area (Å²) in [5.41, 5.74) is 0.668. The van der Waals surface area contributed by atoms with Crippen molar-refractivity contribution in [2.75, 3.05) is 13.2 Å². The van der Waals surface area contributed by atoms with E-state index in [9.17, 15) is 4.79 Å². The molecule has 0 aliphatic carbocycles. The molecule has 0 bridgehead atoms. The first-order valence-electron chi connectivity index (χ1n) is 7.45. The van der Waals surface area contributed by atoms with Crippen molar-refractivity contribution >= 4 is 5.91 Å². The normalized spacial score (nSPS) is 16.7. The number of nitrogens with zero attached hydrogens (tertiary/aromatic N) is 3. The number of hydrogen-bond donors (Lipinski definition) is 2. The summed E-state index contributed by atoms with van der Waals surface area (Å²) in [5.74, 6) is 0.782. The van der Waals surface area contributed by atoms with Gasteiger partial charge in [-0.1, -0.05) is 5.16 Å². The number of H-pyrrole nitrogens is 1. The van der Waals surface area contributed by atoms with Gasteiger partial charge in [0.25, 0.3) is 5.91 Å². The fraction of sp³-hybridized carbons (Fsp3) is 0.467. The van der Waals surface area contributed by atoms with E-state index in [-0.39, 0.29) is 17.9 Å². The lowest BCUT2D eigenvalue weighted by Crippen LogP contribution is -2.36. The number of ether oxygens (including phenoxy) is 1. The molecule has 2 N–H and O–H groups in total. The monoisotopic (exact) mass is 315 g/mol. The molecule has 1 fully saturated rings. The second kappa shape index (κ2) is 6.62. The second-order valence-corrected chi connectivity index (χ2v) is 5.48. The van der Waals surface area contributed by atoms with Crippen LogP contribution in [0.1, 0.15) is 46.8 Å². The molecule has 1 saturated heterocycles. The maximum absolute atomic E-state index is 12.4. The Labute approximate surface area is 132 Å². The molecule has 1 unspecified atom stereocenters. The van der Waals surface area contributed by atoms with Gasteiger partial charge in [-0.15, -0.1) is 0 Å². The van der Waals surface area contributed by atoms with Gasteiger partial charge in [-0.25, -0.2) is 0 Å². The van der Waals surface area contributed by atoms with Crippen LogP contribution in [0, 0.1) is 24.2 Å². The van der Waals surface area contributed by atoms with Crippen molar-refractivity contribution in [3.63, 3.8) is 0 Å². The number of nitrogens with one attached hydrogen (secondary N) is 2. The van der Waals surface area contributed by atoms with Gasteiger partial charge in [0.15, 0.2) is 5.82 Å². The number of amides is 1. The highest BCUT2D eigenvalue weighted by Crippen LogP contribution is 2.29. The number of rotatable bonds is 4. The number of aryl methyl sites for hydroxylation is 1. The Balaban J connectivity index is 1.80. The zero-order valence-corrected chi connectivity index (χ0v) is 12.7. The van der Waals surface area contributed by atoms with Gasteiger partial charge in [-0.2, -0.15) is 10.2 Å². The molecule has 120 valence electrons. The van der Waals surface area contributed by atoms with Crippen molar-refractivity contribution in [1.82, 2.24) is 20.4 Å². The van der Waals surface area contributed by atoms with E-state index in [2.05, 4.69) is 20.4 Å². The Bertz CT molecular complexity index is 724.